The lowest BCUT2D eigenvalue weighted by molar-refractivity contribution is -0.137. The lowest BCUT2D eigenvalue weighted by atomic mass is 9.92. The summed E-state index contributed by atoms with van der Waals surface area (Å²) in [5, 5.41) is 6.55. The van der Waals surface area contributed by atoms with Gasteiger partial charge in [0.25, 0.3) is 5.88 Å². The van der Waals surface area contributed by atoms with Crippen LogP contribution in [0, 0.1) is 0 Å². The van der Waals surface area contributed by atoms with Crippen LogP contribution in [-0.4, -0.2) is 28.6 Å². The number of nitrogens with zero attached hydrogens (tertiary/aromatic N) is 4. The van der Waals surface area contributed by atoms with Gasteiger partial charge in [-0.25, -0.2) is 10.0 Å². The molecule has 0 aliphatic carbocycles. The zero-order chi connectivity index (χ0) is 20.7. The van der Waals surface area contributed by atoms with Crippen LogP contribution in [0.15, 0.2) is 39.8 Å². The minimum absolute atomic E-state index is 0.0256. The van der Waals surface area contributed by atoms with E-state index in [9.17, 15) is 18.0 Å². The normalized spacial score (nSPS) is 16.2. The summed E-state index contributed by atoms with van der Waals surface area (Å²) in [5.74, 6) is -0.151. The van der Waals surface area contributed by atoms with E-state index >= 15 is 0 Å². The van der Waals surface area contributed by atoms with Crippen molar-refractivity contribution in [3.8, 4) is 0 Å². The van der Waals surface area contributed by atoms with Crippen LogP contribution in [0.2, 0.25) is 0 Å². The number of carbonyl (C=O) groups is 1. The smallest absolute Gasteiger partial charge is 0.368 e. The van der Waals surface area contributed by atoms with Gasteiger partial charge in [-0.05, 0) is 24.3 Å². The zero-order valence-electron chi connectivity index (χ0n) is 15.6. The molecular formula is C18H20F3N5O2. The third-order valence-corrected chi connectivity index (χ3v) is 4.21. The SMILES string of the molecule is CC(C)(C)c1cc(N=C(N)N2CCC(=O)N2c2ccc(C(F)(F)F)cc2)on1. The molecule has 3 rings (SSSR count). The molecule has 0 saturated carbocycles. The first-order valence-electron chi connectivity index (χ1n) is 8.56. The van der Waals surface area contributed by atoms with Gasteiger partial charge in [0.2, 0.25) is 11.9 Å². The Labute approximate surface area is 159 Å². The van der Waals surface area contributed by atoms with Gasteiger partial charge in [0, 0.05) is 17.9 Å². The summed E-state index contributed by atoms with van der Waals surface area (Å²) in [4.78, 5) is 16.4. The van der Waals surface area contributed by atoms with Crippen molar-refractivity contribution in [2.24, 2.45) is 10.7 Å². The maximum atomic E-state index is 12.8. The molecule has 1 amide bonds. The predicted molar refractivity (Wildman–Crippen MR) is 96.7 cm³/mol. The number of aliphatic imine (C=N–C) groups is 1. The number of anilines is 1. The quantitative estimate of drug-likeness (QED) is 0.620. The van der Waals surface area contributed by atoms with E-state index < -0.39 is 11.7 Å². The number of alkyl halides is 3. The molecule has 0 radical (unpaired) electrons. The number of halogens is 3. The number of amides is 1. The van der Waals surface area contributed by atoms with E-state index in [4.69, 9.17) is 10.3 Å². The minimum Gasteiger partial charge on any atom is -0.368 e. The van der Waals surface area contributed by atoms with Gasteiger partial charge in [-0.15, -0.1) is 0 Å². The number of rotatable bonds is 2. The highest BCUT2D eigenvalue weighted by Gasteiger charge is 2.34. The third kappa shape index (κ3) is 3.95. The Morgan fingerprint density at radius 1 is 1.21 bits per heavy atom. The molecular weight excluding hydrogens is 375 g/mol. The van der Waals surface area contributed by atoms with E-state index in [2.05, 4.69) is 10.1 Å². The fourth-order valence-electron chi connectivity index (χ4n) is 2.68. The minimum atomic E-state index is -4.45. The monoisotopic (exact) mass is 395 g/mol. The number of carbonyl (C=O) groups excluding carboxylic acids is 1. The summed E-state index contributed by atoms with van der Waals surface area (Å²) in [7, 11) is 0. The molecule has 0 atom stereocenters. The Morgan fingerprint density at radius 2 is 1.86 bits per heavy atom. The van der Waals surface area contributed by atoms with Crippen LogP contribution >= 0.6 is 0 Å². The zero-order valence-corrected chi connectivity index (χ0v) is 15.6. The van der Waals surface area contributed by atoms with Crippen molar-refractivity contribution in [2.45, 2.75) is 38.8 Å². The van der Waals surface area contributed by atoms with E-state index in [1.807, 2.05) is 20.8 Å². The first kappa shape index (κ1) is 19.7. The Balaban J connectivity index is 1.86. The average molecular weight is 395 g/mol. The first-order valence-corrected chi connectivity index (χ1v) is 8.56. The molecule has 1 aliphatic heterocycles. The number of nitrogens with two attached hydrogens (primary N) is 1. The number of guanidine groups is 1. The van der Waals surface area contributed by atoms with E-state index in [0.717, 1.165) is 12.1 Å². The van der Waals surface area contributed by atoms with E-state index in [1.54, 1.807) is 6.07 Å². The van der Waals surface area contributed by atoms with Crippen LogP contribution in [0.25, 0.3) is 0 Å². The molecule has 2 N–H and O–H groups in total. The first-order chi connectivity index (χ1) is 13.0. The molecule has 0 spiro atoms. The summed E-state index contributed by atoms with van der Waals surface area (Å²) >= 11 is 0. The maximum Gasteiger partial charge on any atom is 0.416 e. The van der Waals surface area contributed by atoms with Gasteiger partial charge in [-0.1, -0.05) is 25.9 Å². The molecule has 10 heteroatoms. The molecule has 2 heterocycles. The predicted octanol–water partition coefficient (Wildman–Crippen LogP) is 3.59. The van der Waals surface area contributed by atoms with Gasteiger partial charge in [0.1, 0.15) is 0 Å². The molecule has 28 heavy (non-hydrogen) atoms. The molecule has 1 aromatic carbocycles. The van der Waals surface area contributed by atoms with Crippen molar-refractivity contribution in [3.63, 3.8) is 0 Å². The molecule has 150 valence electrons. The van der Waals surface area contributed by atoms with Gasteiger partial charge in [-0.2, -0.15) is 18.2 Å². The molecule has 7 nitrogen and oxygen atoms in total. The van der Waals surface area contributed by atoms with Crippen LogP contribution in [0.5, 0.6) is 0 Å². The van der Waals surface area contributed by atoms with Crippen molar-refractivity contribution >= 4 is 23.4 Å². The molecule has 1 fully saturated rings. The number of benzene rings is 1. The highest BCUT2D eigenvalue weighted by Crippen LogP contribution is 2.32. The van der Waals surface area contributed by atoms with Crippen LogP contribution in [0.1, 0.15) is 38.4 Å². The van der Waals surface area contributed by atoms with Crippen molar-refractivity contribution in [1.82, 2.24) is 10.2 Å². The Morgan fingerprint density at radius 3 is 2.39 bits per heavy atom. The number of hydrogen-bond acceptors (Lipinski definition) is 4. The number of hydrogen-bond donors (Lipinski definition) is 1. The summed E-state index contributed by atoms with van der Waals surface area (Å²) < 4.78 is 43.4. The second-order valence-electron chi connectivity index (χ2n) is 7.39. The van der Waals surface area contributed by atoms with Crippen molar-refractivity contribution in [2.75, 3.05) is 11.6 Å². The second-order valence-corrected chi connectivity index (χ2v) is 7.39. The highest BCUT2D eigenvalue weighted by atomic mass is 19.4. The van der Waals surface area contributed by atoms with E-state index in [-0.39, 0.29) is 41.8 Å². The lowest BCUT2D eigenvalue weighted by Gasteiger charge is -2.28. The molecule has 1 aromatic heterocycles. The van der Waals surface area contributed by atoms with E-state index in [1.165, 1.54) is 22.2 Å². The van der Waals surface area contributed by atoms with Gasteiger partial charge >= 0.3 is 6.18 Å². The largest absolute Gasteiger partial charge is 0.416 e. The number of aromatic nitrogens is 1. The van der Waals surface area contributed by atoms with Crippen LogP contribution in [0.4, 0.5) is 24.7 Å². The standard InChI is InChI=1S/C18H20F3N5O2/c1-17(2,3)13-10-14(28-24-13)23-16(22)25-9-8-15(27)26(25)12-6-4-11(5-7-12)18(19,20)21/h4-7,10H,8-9H2,1-3H3,(H2,22,23). The molecule has 2 aromatic rings. The van der Waals surface area contributed by atoms with Crippen molar-refractivity contribution < 1.29 is 22.5 Å². The molecule has 0 unspecified atom stereocenters. The molecule has 1 saturated heterocycles. The highest BCUT2D eigenvalue weighted by molar-refractivity contribution is 5.99. The van der Waals surface area contributed by atoms with Crippen molar-refractivity contribution in [3.05, 3.63) is 41.6 Å². The van der Waals surface area contributed by atoms with Crippen LogP contribution in [-0.2, 0) is 16.4 Å². The topological polar surface area (TPSA) is 88.0 Å². The fourth-order valence-corrected chi connectivity index (χ4v) is 2.68. The van der Waals surface area contributed by atoms with Gasteiger partial charge in [0.05, 0.1) is 23.5 Å². The Bertz CT molecular complexity index is 897. The Kier molecular flexibility index (Phi) is 4.82. The fraction of sp³-hybridized carbons (Fsp3) is 0.389. The third-order valence-electron chi connectivity index (χ3n) is 4.21. The molecule has 1 aliphatic rings. The van der Waals surface area contributed by atoms with Gasteiger partial charge < -0.3 is 10.3 Å². The lowest BCUT2D eigenvalue weighted by Crippen LogP contribution is -2.47. The van der Waals surface area contributed by atoms with Gasteiger partial charge in [0.15, 0.2) is 0 Å². The van der Waals surface area contributed by atoms with E-state index in [0.29, 0.717) is 5.69 Å². The summed E-state index contributed by atoms with van der Waals surface area (Å²) in [5.41, 5.74) is 5.96. The molecule has 0 bridgehead atoms. The summed E-state index contributed by atoms with van der Waals surface area (Å²) in [6.45, 7) is 6.14. The van der Waals surface area contributed by atoms with Gasteiger partial charge in [-0.3, -0.25) is 4.79 Å². The second kappa shape index (κ2) is 6.84. The van der Waals surface area contributed by atoms with Crippen molar-refractivity contribution in [1.29, 1.82) is 0 Å². The maximum absolute atomic E-state index is 12.8. The van der Waals surface area contributed by atoms with Crippen LogP contribution < -0.4 is 10.7 Å². The summed E-state index contributed by atoms with van der Waals surface area (Å²) in [6, 6.07) is 5.92. The van der Waals surface area contributed by atoms with Crippen LogP contribution in [0.3, 0.4) is 0 Å². The number of hydrazine groups is 1. The average Bonchev–Trinajstić information content (AvgIpc) is 3.20. The Hall–Kier alpha value is -3.04. The summed E-state index contributed by atoms with van der Waals surface area (Å²) in [6.07, 6.45) is -4.30.